The maximum Gasteiger partial charge on any atom is -0.0414 e. The van der Waals surface area contributed by atoms with Crippen LogP contribution < -0.4 is 0 Å². The molecule has 127 valence electrons. The van der Waals surface area contributed by atoms with Gasteiger partial charge in [-0.25, -0.2) is 0 Å². The summed E-state index contributed by atoms with van der Waals surface area (Å²) < 4.78 is 0. The van der Waals surface area contributed by atoms with E-state index >= 15 is 0 Å². The zero-order chi connectivity index (χ0) is 15.6. The molecule has 0 nitrogen and oxygen atoms in total. The van der Waals surface area contributed by atoms with Gasteiger partial charge >= 0.3 is 0 Å². The maximum atomic E-state index is 4.08. The van der Waals surface area contributed by atoms with Gasteiger partial charge < -0.3 is 0 Å². The summed E-state index contributed by atoms with van der Waals surface area (Å²) in [5, 5.41) is 0. The van der Waals surface area contributed by atoms with Gasteiger partial charge in [-0.05, 0) is 5.92 Å². The molecule has 1 atom stereocenters. The van der Waals surface area contributed by atoms with Gasteiger partial charge in [0, 0.05) is 0 Å². The summed E-state index contributed by atoms with van der Waals surface area (Å²) in [6.45, 7) is 8.68. The highest BCUT2D eigenvalue weighted by Gasteiger charge is 2.04. The Labute approximate surface area is 136 Å². The fourth-order valence-electron chi connectivity index (χ4n) is 3.29. The van der Waals surface area contributed by atoms with Crippen molar-refractivity contribution < 1.29 is 0 Å². The van der Waals surface area contributed by atoms with Crippen molar-refractivity contribution in [2.45, 2.75) is 123 Å². The SMILES string of the molecule is [CH2]CC(CCC)CCCCCCCCCCCCCCC. The molecule has 0 aliphatic heterocycles. The third kappa shape index (κ3) is 16.2. The van der Waals surface area contributed by atoms with Crippen LogP contribution in [0.25, 0.3) is 0 Å². The Morgan fingerprint density at radius 2 is 0.952 bits per heavy atom. The van der Waals surface area contributed by atoms with Gasteiger partial charge in [0.1, 0.15) is 0 Å². The van der Waals surface area contributed by atoms with Gasteiger partial charge in [0.25, 0.3) is 0 Å². The lowest BCUT2D eigenvalue weighted by Gasteiger charge is -2.12. The molecule has 0 saturated heterocycles. The predicted octanol–water partition coefficient (Wildman–Crippen LogP) is 8.11. The first kappa shape index (κ1) is 21.0. The van der Waals surface area contributed by atoms with Crippen molar-refractivity contribution in [3.8, 4) is 0 Å². The molecule has 0 heterocycles. The van der Waals surface area contributed by atoms with Crippen molar-refractivity contribution >= 4 is 0 Å². The summed E-state index contributed by atoms with van der Waals surface area (Å²) in [7, 11) is 0. The molecular formula is C21H43. The van der Waals surface area contributed by atoms with Crippen LogP contribution in [0.4, 0.5) is 0 Å². The lowest BCUT2D eigenvalue weighted by molar-refractivity contribution is 0.421. The molecule has 0 aromatic carbocycles. The lowest BCUT2D eigenvalue weighted by atomic mass is 9.94. The average Bonchev–Trinajstić information content (AvgIpc) is 2.50. The summed E-state index contributed by atoms with van der Waals surface area (Å²) in [5.41, 5.74) is 0. The van der Waals surface area contributed by atoms with Crippen LogP contribution in [0.5, 0.6) is 0 Å². The highest BCUT2D eigenvalue weighted by Crippen LogP contribution is 2.19. The largest absolute Gasteiger partial charge is 0.0654 e. The van der Waals surface area contributed by atoms with E-state index in [1.54, 1.807) is 0 Å². The Kier molecular flexibility index (Phi) is 18.1. The topological polar surface area (TPSA) is 0 Å². The number of hydrogen-bond acceptors (Lipinski definition) is 0. The van der Waals surface area contributed by atoms with Crippen LogP contribution in [0.15, 0.2) is 0 Å². The van der Waals surface area contributed by atoms with Crippen molar-refractivity contribution in [1.82, 2.24) is 0 Å². The molecule has 0 bridgehead atoms. The molecule has 21 heavy (non-hydrogen) atoms. The van der Waals surface area contributed by atoms with Crippen molar-refractivity contribution in [1.29, 1.82) is 0 Å². The maximum absolute atomic E-state index is 4.08. The van der Waals surface area contributed by atoms with E-state index in [1.165, 1.54) is 103 Å². The van der Waals surface area contributed by atoms with Crippen molar-refractivity contribution in [2.75, 3.05) is 0 Å². The fraction of sp³-hybridized carbons (Fsp3) is 0.952. The van der Waals surface area contributed by atoms with Crippen molar-refractivity contribution in [2.24, 2.45) is 5.92 Å². The van der Waals surface area contributed by atoms with Crippen LogP contribution in [0.3, 0.4) is 0 Å². The number of hydrogen-bond donors (Lipinski definition) is 0. The van der Waals surface area contributed by atoms with E-state index in [1.807, 2.05) is 0 Å². The van der Waals surface area contributed by atoms with E-state index in [0.717, 1.165) is 12.3 Å². The van der Waals surface area contributed by atoms with E-state index in [-0.39, 0.29) is 0 Å². The smallest absolute Gasteiger partial charge is 0.0414 e. The van der Waals surface area contributed by atoms with Crippen LogP contribution >= 0.6 is 0 Å². The number of rotatable bonds is 17. The Bertz CT molecular complexity index is 173. The molecule has 0 N–H and O–H groups in total. The first-order valence-electron chi connectivity index (χ1n) is 10.1. The van der Waals surface area contributed by atoms with Crippen molar-refractivity contribution in [3.05, 3.63) is 6.92 Å². The molecule has 0 amide bonds. The van der Waals surface area contributed by atoms with E-state index in [2.05, 4.69) is 20.8 Å². The predicted molar refractivity (Wildman–Crippen MR) is 98.7 cm³/mol. The molecule has 0 aromatic rings. The van der Waals surface area contributed by atoms with E-state index in [0.29, 0.717) is 0 Å². The van der Waals surface area contributed by atoms with E-state index < -0.39 is 0 Å². The van der Waals surface area contributed by atoms with Crippen molar-refractivity contribution in [3.63, 3.8) is 0 Å². The van der Waals surface area contributed by atoms with E-state index in [9.17, 15) is 0 Å². The molecule has 0 heteroatoms. The summed E-state index contributed by atoms with van der Waals surface area (Å²) in [6, 6.07) is 0. The molecule has 0 aromatic heterocycles. The highest BCUT2D eigenvalue weighted by atomic mass is 14.1. The van der Waals surface area contributed by atoms with Gasteiger partial charge in [-0.15, -0.1) is 0 Å². The Balaban J connectivity index is 3.08. The standard InChI is InChI=1S/C21H43/c1-4-7-8-9-10-11-12-13-14-15-16-17-18-20-21(6-3)19-5-2/h21H,3-20H2,1-2H3. The molecule has 0 aliphatic carbocycles. The van der Waals surface area contributed by atoms with Crippen LogP contribution in [-0.4, -0.2) is 0 Å². The second-order valence-electron chi connectivity index (χ2n) is 6.97. The highest BCUT2D eigenvalue weighted by molar-refractivity contribution is 4.60. The van der Waals surface area contributed by atoms with Crippen LogP contribution in [0.1, 0.15) is 123 Å². The van der Waals surface area contributed by atoms with Gasteiger partial charge in [-0.1, -0.05) is 130 Å². The molecular weight excluding hydrogens is 252 g/mol. The Morgan fingerprint density at radius 3 is 1.33 bits per heavy atom. The molecule has 0 spiro atoms. The Morgan fingerprint density at radius 1 is 0.524 bits per heavy atom. The third-order valence-electron chi connectivity index (χ3n) is 4.82. The first-order valence-corrected chi connectivity index (χ1v) is 10.1. The van der Waals surface area contributed by atoms with Gasteiger partial charge in [0.05, 0.1) is 0 Å². The van der Waals surface area contributed by atoms with Crippen LogP contribution in [0.2, 0.25) is 0 Å². The minimum Gasteiger partial charge on any atom is -0.0654 e. The molecule has 1 unspecified atom stereocenters. The van der Waals surface area contributed by atoms with Gasteiger partial charge in [0.2, 0.25) is 0 Å². The number of unbranched alkanes of at least 4 members (excludes halogenated alkanes) is 12. The Hall–Kier alpha value is 0. The van der Waals surface area contributed by atoms with E-state index in [4.69, 9.17) is 0 Å². The molecule has 0 rings (SSSR count). The first-order chi connectivity index (χ1) is 10.3. The second-order valence-corrected chi connectivity index (χ2v) is 6.97. The second kappa shape index (κ2) is 18.1. The molecule has 0 aliphatic rings. The lowest BCUT2D eigenvalue weighted by Crippen LogP contribution is -1.98. The minimum atomic E-state index is 0.905. The quantitative estimate of drug-likeness (QED) is 0.238. The monoisotopic (exact) mass is 295 g/mol. The zero-order valence-electron chi connectivity index (χ0n) is 15.3. The summed E-state index contributed by atoms with van der Waals surface area (Å²) in [6.07, 6.45) is 24.3. The third-order valence-corrected chi connectivity index (χ3v) is 4.82. The average molecular weight is 296 g/mol. The van der Waals surface area contributed by atoms with Crippen LogP contribution in [-0.2, 0) is 0 Å². The summed E-state index contributed by atoms with van der Waals surface area (Å²) in [4.78, 5) is 0. The summed E-state index contributed by atoms with van der Waals surface area (Å²) in [5.74, 6) is 0.905. The van der Waals surface area contributed by atoms with Gasteiger partial charge in [-0.2, -0.15) is 0 Å². The summed E-state index contributed by atoms with van der Waals surface area (Å²) >= 11 is 0. The fourth-order valence-corrected chi connectivity index (χ4v) is 3.29. The minimum absolute atomic E-state index is 0.905. The van der Waals surface area contributed by atoms with Crippen LogP contribution in [0, 0.1) is 12.8 Å². The molecule has 0 saturated carbocycles. The molecule has 0 fully saturated rings. The zero-order valence-corrected chi connectivity index (χ0v) is 15.3. The van der Waals surface area contributed by atoms with Gasteiger partial charge in [0.15, 0.2) is 0 Å². The molecule has 1 radical (unpaired) electrons. The normalized spacial score (nSPS) is 12.7. The van der Waals surface area contributed by atoms with Gasteiger partial charge in [-0.3, -0.25) is 0 Å².